The number of nitrogens with zero attached hydrogens (tertiary/aromatic N) is 2. The minimum Gasteiger partial charge on any atom is -0.444 e. The predicted octanol–water partition coefficient (Wildman–Crippen LogP) is 1.04. The van der Waals surface area contributed by atoms with Crippen LogP contribution in [0, 0.1) is 5.92 Å². The second kappa shape index (κ2) is 8.85. The van der Waals surface area contributed by atoms with Crippen molar-refractivity contribution in [2.24, 2.45) is 5.92 Å². The normalized spacial score (nSPS) is 21.7. The molecular formula is C18H34N4O3. The van der Waals surface area contributed by atoms with Crippen LogP contribution in [0.5, 0.6) is 0 Å². The molecule has 0 bridgehead atoms. The van der Waals surface area contributed by atoms with Gasteiger partial charge in [0.15, 0.2) is 0 Å². The Balaban J connectivity index is 1.70. The highest BCUT2D eigenvalue weighted by molar-refractivity contribution is 5.82. The molecule has 1 unspecified atom stereocenters. The summed E-state index contributed by atoms with van der Waals surface area (Å²) < 4.78 is 5.16. The summed E-state index contributed by atoms with van der Waals surface area (Å²) in [6, 6.07) is 0.569. The van der Waals surface area contributed by atoms with Gasteiger partial charge in [0.25, 0.3) is 0 Å². The van der Waals surface area contributed by atoms with E-state index in [1.165, 1.54) is 12.8 Å². The van der Waals surface area contributed by atoms with Crippen LogP contribution in [-0.2, 0) is 9.53 Å². The van der Waals surface area contributed by atoms with Crippen LogP contribution < -0.4 is 10.6 Å². The molecule has 0 saturated carbocycles. The van der Waals surface area contributed by atoms with Crippen molar-refractivity contribution in [1.82, 2.24) is 20.4 Å². The average molecular weight is 354 g/mol. The van der Waals surface area contributed by atoms with Gasteiger partial charge in [0.1, 0.15) is 12.1 Å². The zero-order valence-corrected chi connectivity index (χ0v) is 16.1. The lowest BCUT2D eigenvalue weighted by molar-refractivity contribution is -0.132. The van der Waals surface area contributed by atoms with Gasteiger partial charge in [-0.05, 0) is 59.5 Å². The molecule has 2 aliphatic heterocycles. The Morgan fingerprint density at radius 1 is 1.16 bits per heavy atom. The maximum absolute atomic E-state index is 12.3. The fraction of sp³-hybridized carbons (Fsp3) is 0.889. The second-order valence-corrected chi connectivity index (χ2v) is 8.10. The number of nitrogens with one attached hydrogen (secondary N) is 2. The van der Waals surface area contributed by atoms with Crippen molar-refractivity contribution in [2.75, 3.05) is 45.8 Å². The van der Waals surface area contributed by atoms with Gasteiger partial charge in [0.2, 0.25) is 5.91 Å². The summed E-state index contributed by atoms with van der Waals surface area (Å²) in [6.45, 7) is 13.2. The Hall–Kier alpha value is -1.34. The van der Waals surface area contributed by atoms with Crippen molar-refractivity contribution in [3.8, 4) is 0 Å². The van der Waals surface area contributed by atoms with Crippen LogP contribution in [0.4, 0.5) is 4.79 Å². The number of amides is 2. The molecule has 0 aromatic heterocycles. The Bertz CT molecular complexity index is 450. The third-order valence-electron chi connectivity index (χ3n) is 5.09. The van der Waals surface area contributed by atoms with Crippen LogP contribution in [0.25, 0.3) is 0 Å². The first-order valence-electron chi connectivity index (χ1n) is 9.45. The molecule has 0 aromatic carbocycles. The first-order valence-corrected chi connectivity index (χ1v) is 9.45. The van der Waals surface area contributed by atoms with Crippen LogP contribution in [0.2, 0.25) is 0 Å². The van der Waals surface area contributed by atoms with E-state index >= 15 is 0 Å². The molecule has 0 aliphatic carbocycles. The number of piperazine rings is 1. The average Bonchev–Trinajstić information content (AvgIpc) is 2.58. The predicted molar refractivity (Wildman–Crippen MR) is 97.4 cm³/mol. The fourth-order valence-electron chi connectivity index (χ4n) is 3.58. The standard InChI is InChI=1S/C18H34N4O3/c1-14(15-5-7-19-8-6-15)21-9-11-22(12-10-21)16(23)13-20-17(24)25-18(2,3)4/h14-15,19H,5-13H2,1-4H3,(H,20,24). The summed E-state index contributed by atoms with van der Waals surface area (Å²) in [5, 5.41) is 5.96. The van der Waals surface area contributed by atoms with Gasteiger partial charge in [-0.15, -0.1) is 0 Å². The van der Waals surface area contributed by atoms with Gasteiger partial charge in [-0.1, -0.05) is 0 Å². The van der Waals surface area contributed by atoms with Crippen molar-refractivity contribution in [3.63, 3.8) is 0 Å². The first kappa shape index (κ1) is 20.0. The molecule has 2 rings (SSSR count). The summed E-state index contributed by atoms with van der Waals surface area (Å²) in [5.41, 5.74) is -0.552. The second-order valence-electron chi connectivity index (χ2n) is 8.10. The van der Waals surface area contributed by atoms with Gasteiger partial charge < -0.3 is 20.3 Å². The SMILES string of the molecule is CC(C1CCNCC1)N1CCN(C(=O)CNC(=O)OC(C)(C)C)CC1. The Kier molecular flexibility index (Phi) is 7.07. The lowest BCUT2D eigenvalue weighted by atomic mass is 9.90. The fourth-order valence-corrected chi connectivity index (χ4v) is 3.58. The smallest absolute Gasteiger partial charge is 0.408 e. The number of hydrogen-bond acceptors (Lipinski definition) is 5. The summed E-state index contributed by atoms with van der Waals surface area (Å²) in [4.78, 5) is 28.3. The van der Waals surface area contributed by atoms with Crippen molar-refractivity contribution in [1.29, 1.82) is 0 Å². The number of ether oxygens (including phenoxy) is 1. The first-order chi connectivity index (χ1) is 11.8. The van der Waals surface area contributed by atoms with Crippen LogP contribution in [0.1, 0.15) is 40.5 Å². The minimum atomic E-state index is -0.552. The van der Waals surface area contributed by atoms with Crippen LogP contribution in [0.3, 0.4) is 0 Å². The van der Waals surface area contributed by atoms with E-state index in [4.69, 9.17) is 4.74 Å². The minimum absolute atomic E-state index is 0.00123. The largest absolute Gasteiger partial charge is 0.444 e. The van der Waals surface area contributed by atoms with E-state index < -0.39 is 11.7 Å². The highest BCUT2D eigenvalue weighted by atomic mass is 16.6. The summed E-state index contributed by atoms with van der Waals surface area (Å²) in [5.74, 6) is 0.706. The Morgan fingerprint density at radius 2 is 1.76 bits per heavy atom. The summed E-state index contributed by atoms with van der Waals surface area (Å²) >= 11 is 0. The number of hydrogen-bond donors (Lipinski definition) is 2. The molecule has 2 aliphatic rings. The highest BCUT2D eigenvalue weighted by Crippen LogP contribution is 2.21. The molecule has 144 valence electrons. The molecular weight excluding hydrogens is 320 g/mol. The number of carbonyl (C=O) groups is 2. The zero-order valence-electron chi connectivity index (χ0n) is 16.1. The number of alkyl carbamates (subject to hydrolysis) is 1. The summed E-state index contributed by atoms with van der Waals surface area (Å²) in [6.07, 6.45) is 1.93. The lowest BCUT2D eigenvalue weighted by Crippen LogP contribution is -2.55. The molecule has 2 N–H and O–H groups in total. The number of rotatable bonds is 4. The molecule has 0 radical (unpaired) electrons. The lowest BCUT2D eigenvalue weighted by Gasteiger charge is -2.42. The van der Waals surface area contributed by atoms with Crippen molar-refractivity contribution >= 4 is 12.0 Å². The maximum atomic E-state index is 12.3. The third kappa shape index (κ3) is 6.47. The molecule has 2 amide bonds. The summed E-state index contributed by atoms with van der Waals surface area (Å²) in [7, 11) is 0. The van der Waals surface area contributed by atoms with Gasteiger partial charge in [0, 0.05) is 32.2 Å². The van der Waals surface area contributed by atoms with Crippen molar-refractivity contribution in [2.45, 2.75) is 52.2 Å². The zero-order chi connectivity index (χ0) is 18.4. The van der Waals surface area contributed by atoms with E-state index in [2.05, 4.69) is 22.5 Å². The van der Waals surface area contributed by atoms with E-state index in [1.54, 1.807) is 20.8 Å². The van der Waals surface area contributed by atoms with E-state index in [-0.39, 0.29) is 12.5 Å². The molecule has 25 heavy (non-hydrogen) atoms. The van der Waals surface area contributed by atoms with Crippen LogP contribution in [0.15, 0.2) is 0 Å². The maximum Gasteiger partial charge on any atom is 0.408 e. The van der Waals surface area contributed by atoms with E-state index in [0.717, 1.165) is 45.2 Å². The van der Waals surface area contributed by atoms with E-state index in [0.29, 0.717) is 6.04 Å². The van der Waals surface area contributed by atoms with Gasteiger partial charge in [-0.2, -0.15) is 0 Å². The third-order valence-corrected chi connectivity index (χ3v) is 5.09. The van der Waals surface area contributed by atoms with Crippen LogP contribution in [-0.4, -0.2) is 79.3 Å². The molecule has 7 nitrogen and oxygen atoms in total. The Labute approximate surface area is 151 Å². The van der Waals surface area contributed by atoms with E-state index in [9.17, 15) is 9.59 Å². The monoisotopic (exact) mass is 354 g/mol. The van der Waals surface area contributed by atoms with Crippen molar-refractivity contribution in [3.05, 3.63) is 0 Å². The number of carbonyl (C=O) groups excluding carboxylic acids is 2. The molecule has 0 spiro atoms. The van der Waals surface area contributed by atoms with Crippen LogP contribution >= 0.6 is 0 Å². The quantitative estimate of drug-likeness (QED) is 0.789. The molecule has 1 atom stereocenters. The Morgan fingerprint density at radius 3 is 2.32 bits per heavy atom. The molecule has 2 fully saturated rings. The molecule has 0 aromatic rings. The molecule has 2 heterocycles. The van der Waals surface area contributed by atoms with Gasteiger partial charge in [-0.25, -0.2) is 4.79 Å². The number of piperidine rings is 1. The van der Waals surface area contributed by atoms with Crippen molar-refractivity contribution < 1.29 is 14.3 Å². The van der Waals surface area contributed by atoms with Gasteiger partial charge >= 0.3 is 6.09 Å². The molecule has 7 heteroatoms. The molecule has 2 saturated heterocycles. The van der Waals surface area contributed by atoms with E-state index in [1.807, 2.05) is 4.90 Å². The van der Waals surface area contributed by atoms with Gasteiger partial charge in [-0.3, -0.25) is 9.69 Å². The topological polar surface area (TPSA) is 73.9 Å². The van der Waals surface area contributed by atoms with Gasteiger partial charge in [0.05, 0.1) is 0 Å². The highest BCUT2D eigenvalue weighted by Gasteiger charge is 2.29.